The van der Waals surface area contributed by atoms with Crippen LogP contribution < -0.4 is 5.32 Å². The third-order valence-corrected chi connectivity index (χ3v) is 7.24. The summed E-state index contributed by atoms with van der Waals surface area (Å²) >= 11 is 12.1. The lowest BCUT2D eigenvalue weighted by Gasteiger charge is -2.33. The molecule has 1 atom stereocenters. The number of nitrogens with one attached hydrogen (secondary N) is 1. The summed E-state index contributed by atoms with van der Waals surface area (Å²) < 4.78 is 0. The van der Waals surface area contributed by atoms with Crippen molar-refractivity contribution in [3.8, 4) is 0 Å². The molecule has 1 saturated carbocycles. The van der Waals surface area contributed by atoms with Crippen LogP contribution in [0.5, 0.6) is 0 Å². The van der Waals surface area contributed by atoms with E-state index in [-0.39, 0.29) is 22.2 Å². The number of halogens is 2. The highest BCUT2D eigenvalue weighted by Crippen LogP contribution is 2.30. The van der Waals surface area contributed by atoms with Crippen LogP contribution in [0.15, 0.2) is 72.8 Å². The molecule has 1 aliphatic rings. The minimum atomic E-state index is -1.23. The molecule has 1 aliphatic carbocycles. The number of hydrogen-bond donors (Lipinski definition) is 1. The van der Waals surface area contributed by atoms with Gasteiger partial charge in [0.25, 0.3) is 11.6 Å². The predicted molar refractivity (Wildman–Crippen MR) is 149 cm³/mol. The van der Waals surface area contributed by atoms with Crippen LogP contribution in [0.4, 0.5) is 5.69 Å². The largest absolute Gasteiger partial charge is 0.351 e. The standard InChI is InChI=1S/C29H27Cl2N3O5/c30-21-13-11-19(12-14-21)26(35)18-33(29(37)24-17-22(31)15-16-25(24)34(38)39)27(20-7-3-1-4-8-20)28(36)32-23-9-5-2-6-10-23/h1,3-4,7-8,11-17,23,27H,2,5-6,9-10,18H2,(H,32,36). The number of amides is 2. The zero-order valence-corrected chi connectivity index (χ0v) is 22.5. The lowest BCUT2D eigenvalue weighted by Crippen LogP contribution is -2.48. The van der Waals surface area contributed by atoms with Gasteiger partial charge in [-0.05, 0) is 54.8 Å². The average Bonchev–Trinajstić information content (AvgIpc) is 2.93. The monoisotopic (exact) mass is 567 g/mol. The van der Waals surface area contributed by atoms with Crippen LogP contribution in [0.2, 0.25) is 10.0 Å². The molecule has 4 rings (SSSR count). The Morgan fingerprint density at radius 2 is 1.56 bits per heavy atom. The average molecular weight is 568 g/mol. The van der Waals surface area contributed by atoms with Crippen molar-refractivity contribution in [1.29, 1.82) is 0 Å². The quantitative estimate of drug-likeness (QED) is 0.182. The number of nitro benzene ring substituents is 1. The molecule has 1 fully saturated rings. The van der Waals surface area contributed by atoms with Crippen molar-refractivity contribution >= 4 is 46.5 Å². The molecule has 2 amide bonds. The second kappa shape index (κ2) is 12.9. The van der Waals surface area contributed by atoms with Gasteiger partial charge in [-0.25, -0.2) is 0 Å². The fourth-order valence-electron chi connectivity index (χ4n) is 4.79. The zero-order valence-electron chi connectivity index (χ0n) is 21.0. The lowest BCUT2D eigenvalue weighted by molar-refractivity contribution is -0.385. The molecule has 0 aromatic heterocycles. The molecule has 0 heterocycles. The molecule has 0 saturated heterocycles. The van der Waals surface area contributed by atoms with Crippen LogP contribution >= 0.6 is 23.2 Å². The van der Waals surface area contributed by atoms with Crippen LogP contribution in [0.25, 0.3) is 0 Å². The molecule has 0 radical (unpaired) electrons. The highest BCUT2D eigenvalue weighted by atomic mass is 35.5. The molecule has 202 valence electrons. The fourth-order valence-corrected chi connectivity index (χ4v) is 5.09. The second-order valence-corrected chi connectivity index (χ2v) is 10.3. The lowest BCUT2D eigenvalue weighted by atomic mass is 9.94. The molecule has 10 heteroatoms. The van der Waals surface area contributed by atoms with Crippen molar-refractivity contribution in [2.75, 3.05) is 6.54 Å². The van der Waals surface area contributed by atoms with Crippen molar-refractivity contribution in [2.45, 2.75) is 44.2 Å². The van der Waals surface area contributed by atoms with Gasteiger partial charge in [0.15, 0.2) is 5.78 Å². The van der Waals surface area contributed by atoms with Gasteiger partial charge in [0, 0.05) is 27.7 Å². The molecule has 3 aromatic carbocycles. The van der Waals surface area contributed by atoms with Gasteiger partial charge in [-0.3, -0.25) is 24.5 Å². The Morgan fingerprint density at radius 1 is 0.923 bits per heavy atom. The van der Waals surface area contributed by atoms with Gasteiger partial charge >= 0.3 is 0 Å². The second-order valence-electron chi connectivity index (χ2n) is 9.44. The topological polar surface area (TPSA) is 110 Å². The first-order chi connectivity index (χ1) is 18.7. The maximum absolute atomic E-state index is 14.1. The van der Waals surface area contributed by atoms with E-state index >= 15 is 0 Å². The number of ketones is 1. The van der Waals surface area contributed by atoms with E-state index < -0.39 is 40.8 Å². The number of nitro groups is 1. The van der Waals surface area contributed by atoms with E-state index in [0.717, 1.165) is 43.1 Å². The summed E-state index contributed by atoms with van der Waals surface area (Å²) in [5, 5.41) is 15.4. The third-order valence-electron chi connectivity index (χ3n) is 6.75. The number of nitrogens with zero attached hydrogens (tertiary/aromatic N) is 2. The van der Waals surface area contributed by atoms with Crippen molar-refractivity contribution in [2.24, 2.45) is 0 Å². The number of carbonyl (C=O) groups excluding carboxylic acids is 3. The van der Waals surface area contributed by atoms with Crippen molar-refractivity contribution in [1.82, 2.24) is 10.2 Å². The fraction of sp³-hybridized carbons (Fsp3) is 0.276. The van der Waals surface area contributed by atoms with E-state index in [0.29, 0.717) is 10.6 Å². The number of hydrogen-bond acceptors (Lipinski definition) is 5. The normalized spacial score (nSPS) is 14.3. The van der Waals surface area contributed by atoms with Gasteiger partial charge in [0.1, 0.15) is 11.6 Å². The van der Waals surface area contributed by atoms with E-state index in [9.17, 15) is 24.5 Å². The Hall–Kier alpha value is -3.75. The van der Waals surface area contributed by atoms with Gasteiger partial charge in [0.2, 0.25) is 5.91 Å². The first kappa shape index (κ1) is 28.3. The number of rotatable bonds is 9. The molecule has 0 aliphatic heterocycles. The summed E-state index contributed by atoms with van der Waals surface area (Å²) in [5.41, 5.74) is -0.0549. The van der Waals surface area contributed by atoms with E-state index in [4.69, 9.17) is 23.2 Å². The maximum atomic E-state index is 14.1. The third kappa shape index (κ3) is 7.02. The molecular weight excluding hydrogens is 541 g/mol. The van der Waals surface area contributed by atoms with E-state index in [2.05, 4.69) is 5.32 Å². The van der Waals surface area contributed by atoms with Gasteiger partial charge in [-0.1, -0.05) is 72.8 Å². The first-order valence-electron chi connectivity index (χ1n) is 12.6. The van der Waals surface area contributed by atoms with Gasteiger partial charge in [-0.2, -0.15) is 0 Å². The molecular formula is C29H27Cl2N3O5. The van der Waals surface area contributed by atoms with Gasteiger partial charge < -0.3 is 10.2 Å². The van der Waals surface area contributed by atoms with E-state index in [1.54, 1.807) is 42.5 Å². The molecule has 1 unspecified atom stereocenters. The summed E-state index contributed by atoms with van der Waals surface area (Å²) in [6.07, 6.45) is 4.67. The smallest absolute Gasteiger partial charge is 0.282 e. The van der Waals surface area contributed by atoms with Crippen LogP contribution in [-0.4, -0.2) is 40.0 Å². The molecule has 3 aromatic rings. The van der Waals surface area contributed by atoms with E-state index in [1.165, 1.54) is 24.3 Å². The van der Waals surface area contributed by atoms with Crippen LogP contribution in [-0.2, 0) is 4.79 Å². The van der Waals surface area contributed by atoms with E-state index in [1.807, 2.05) is 0 Å². The van der Waals surface area contributed by atoms with Crippen molar-refractivity contribution in [3.63, 3.8) is 0 Å². The summed E-state index contributed by atoms with van der Waals surface area (Å²) in [7, 11) is 0. The minimum Gasteiger partial charge on any atom is -0.351 e. The summed E-state index contributed by atoms with van der Waals surface area (Å²) in [4.78, 5) is 53.5. The SMILES string of the molecule is O=C(CN(C(=O)c1cc(Cl)ccc1[N+](=O)[O-])C(C(=O)NC1CCCCC1)c1ccccc1)c1ccc(Cl)cc1. The summed E-state index contributed by atoms with van der Waals surface area (Å²) in [6.45, 7) is -0.512. The molecule has 39 heavy (non-hydrogen) atoms. The predicted octanol–water partition coefficient (Wildman–Crippen LogP) is 6.42. The first-order valence-corrected chi connectivity index (χ1v) is 13.4. The minimum absolute atomic E-state index is 0.0677. The molecule has 0 bridgehead atoms. The molecule has 0 spiro atoms. The molecule has 1 N–H and O–H groups in total. The Labute approximate surface area is 236 Å². The number of benzene rings is 3. The molecule has 8 nitrogen and oxygen atoms in total. The Bertz CT molecular complexity index is 1360. The Balaban J connectivity index is 1.80. The van der Waals surface area contributed by atoms with Crippen LogP contribution in [0.3, 0.4) is 0 Å². The Morgan fingerprint density at radius 3 is 2.21 bits per heavy atom. The van der Waals surface area contributed by atoms with Crippen LogP contribution in [0.1, 0.15) is 64.4 Å². The van der Waals surface area contributed by atoms with Crippen LogP contribution in [0, 0.1) is 10.1 Å². The van der Waals surface area contributed by atoms with Gasteiger partial charge in [0.05, 0.1) is 11.5 Å². The van der Waals surface area contributed by atoms with Crippen molar-refractivity contribution in [3.05, 3.63) is 110 Å². The Kier molecular flexibility index (Phi) is 9.32. The summed E-state index contributed by atoms with van der Waals surface area (Å²) in [6, 6.07) is 17.1. The van der Waals surface area contributed by atoms with Crippen molar-refractivity contribution < 1.29 is 19.3 Å². The number of Topliss-reactive ketones (excluding diaryl/α,β-unsaturated/α-hetero) is 1. The van der Waals surface area contributed by atoms with Gasteiger partial charge in [-0.15, -0.1) is 0 Å². The number of carbonyl (C=O) groups is 3. The maximum Gasteiger partial charge on any atom is 0.282 e. The zero-order chi connectivity index (χ0) is 27.9. The highest BCUT2D eigenvalue weighted by Gasteiger charge is 2.37. The highest BCUT2D eigenvalue weighted by molar-refractivity contribution is 6.31. The summed E-state index contributed by atoms with van der Waals surface area (Å²) in [5.74, 6) is -1.79.